The Morgan fingerprint density at radius 1 is 1.04 bits per heavy atom. The van der Waals surface area contributed by atoms with E-state index < -0.39 is 0 Å². The Labute approximate surface area is 168 Å². The Morgan fingerprint density at radius 2 is 1.71 bits per heavy atom. The van der Waals surface area contributed by atoms with E-state index in [1.54, 1.807) is 0 Å². The number of primary amides is 1. The number of hydrogen-bond donors (Lipinski definition) is 1. The van der Waals surface area contributed by atoms with Crippen LogP contribution in [-0.2, 0) is 24.7 Å². The standard InChI is InChI=1S/C26H31NO/c1-7-16-10-17-12-18(26(4,5)6)13-22(21(17)11-16)23-15(3)19-8-9-20(14(19)2)24(23)25(27)28/h10,12-13H,7-9,11H2,1-6H3,(H2,27,28). The van der Waals surface area contributed by atoms with E-state index in [0.717, 1.165) is 36.8 Å². The van der Waals surface area contributed by atoms with Crippen molar-refractivity contribution in [3.8, 4) is 11.1 Å². The molecular formula is C26H31NO. The first kappa shape index (κ1) is 19.0. The molecule has 0 fully saturated rings. The Morgan fingerprint density at radius 3 is 2.32 bits per heavy atom. The van der Waals surface area contributed by atoms with Gasteiger partial charge in [-0.1, -0.05) is 51.5 Å². The number of carbonyl (C=O) groups excluding carboxylic acids is 1. The Kier molecular flexibility index (Phi) is 4.30. The molecule has 2 nitrogen and oxygen atoms in total. The van der Waals surface area contributed by atoms with E-state index in [2.05, 4.69) is 59.8 Å². The van der Waals surface area contributed by atoms with Crippen LogP contribution in [-0.4, -0.2) is 5.91 Å². The normalized spacial score (nSPS) is 15.0. The summed E-state index contributed by atoms with van der Waals surface area (Å²) in [6.45, 7) is 13.3. The van der Waals surface area contributed by atoms with E-state index in [9.17, 15) is 4.79 Å². The lowest BCUT2D eigenvalue weighted by atomic mass is 9.80. The van der Waals surface area contributed by atoms with Gasteiger partial charge in [-0.15, -0.1) is 0 Å². The zero-order valence-corrected chi connectivity index (χ0v) is 18.0. The highest BCUT2D eigenvalue weighted by Crippen LogP contribution is 2.45. The maximum absolute atomic E-state index is 12.6. The molecule has 0 aromatic heterocycles. The number of nitrogens with two attached hydrogens (primary N) is 1. The average Bonchev–Trinajstić information content (AvgIpc) is 3.16. The Hall–Kier alpha value is -2.35. The average molecular weight is 374 g/mol. The number of benzene rings is 2. The molecule has 2 aromatic carbocycles. The molecule has 2 N–H and O–H groups in total. The van der Waals surface area contributed by atoms with Crippen molar-refractivity contribution in [1.82, 2.24) is 0 Å². The minimum Gasteiger partial charge on any atom is -0.366 e. The minimum absolute atomic E-state index is 0.0456. The first-order valence-corrected chi connectivity index (χ1v) is 10.4. The van der Waals surface area contributed by atoms with Crippen molar-refractivity contribution in [3.63, 3.8) is 0 Å². The molecule has 28 heavy (non-hydrogen) atoms. The van der Waals surface area contributed by atoms with Crippen LogP contribution >= 0.6 is 0 Å². The van der Waals surface area contributed by atoms with E-state index in [-0.39, 0.29) is 11.3 Å². The van der Waals surface area contributed by atoms with Gasteiger partial charge >= 0.3 is 0 Å². The molecule has 0 saturated heterocycles. The number of fused-ring (bicyclic) bond motifs is 3. The smallest absolute Gasteiger partial charge is 0.249 e. The molecule has 2 aliphatic rings. The summed E-state index contributed by atoms with van der Waals surface area (Å²) in [7, 11) is 0. The zero-order valence-electron chi connectivity index (χ0n) is 18.0. The SMILES string of the molecule is CCC1=Cc2cc(C(C)(C)C)cc(-c3c(C)c4c(C)c(c3C(N)=O)CC4)c2C1. The lowest BCUT2D eigenvalue weighted by molar-refractivity contribution is 0.1000. The lowest BCUT2D eigenvalue weighted by Gasteiger charge is -2.24. The molecule has 146 valence electrons. The lowest BCUT2D eigenvalue weighted by Crippen LogP contribution is -2.17. The fourth-order valence-electron chi connectivity index (χ4n) is 5.09. The highest BCUT2D eigenvalue weighted by atomic mass is 16.1. The molecule has 0 heterocycles. The van der Waals surface area contributed by atoms with E-state index >= 15 is 0 Å². The molecule has 1 amide bonds. The summed E-state index contributed by atoms with van der Waals surface area (Å²) in [5.74, 6) is -0.291. The van der Waals surface area contributed by atoms with Crippen LogP contribution in [0.25, 0.3) is 17.2 Å². The molecular weight excluding hydrogens is 342 g/mol. The van der Waals surface area contributed by atoms with Crippen molar-refractivity contribution >= 4 is 12.0 Å². The molecule has 2 heteroatoms. The van der Waals surface area contributed by atoms with Gasteiger partial charge in [-0.2, -0.15) is 0 Å². The van der Waals surface area contributed by atoms with Gasteiger partial charge in [0.1, 0.15) is 0 Å². The summed E-state index contributed by atoms with van der Waals surface area (Å²) < 4.78 is 0. The van der Waals surface area contributed by atoms with E-state index in [1.165, 1.54) is 50.1 Å². The maximum atomic E-state index is 12.6. The summed E-state index contributed by atoms with van der Waals surface area (Å²) >= 11 is 0. The van der Waals surface area contributed by atoms with E-state index in [0.29, 0.717) is 0 Å². The number of carbonyl (C=O) groups is 1. The van der Waals surface area contributed by atoms with Crippen LogP contribution in [0.15, 0.2) is 17.7 Å². The molecule has 0 unspecified atom stereocenters. The predicted octanol–water partition coefficient (Wildman–Crippen LogP) is 5.81. The number of amides is 1. The molecule has 0 radical (unpaired) electrons. The summed E-state index contributed by atoms with van der Waals surface area (Å²) in [5.41, 5.74) is 19.6. The monoisotopic (exact) mass is 373 g/mol. The van der Waals surface area contributed by atoms with Gasteiger partial charge in [-0.3, -0.25) is 4.79 Å². The van der Waals surface area contributed by atoms with Crippen LogP contribution < -0.4 is 5.73 Å². The summed E-state index contributed by atoms with van der Waals surface area (Å²) in [5, 5.41) is 0. The van der Waals surface area contributed by atoms with Crippen molar-refractivity contribution in [2.75, 3.05) is 0 Å². The maximum Gasteiger partial charge on any atom is 0.249 e. The molecule has 4 rings (SSSR count). The third kappa shape index (κ3) is 2.73. The number of allylic oxidation sites excluding steroid dienone is 1. The third-order valence-electron chi connectivity index (χ3n) is 6.79. The first-order chi connectivity index (χ1) is 13.1. The van der Waals surface area contributed by atoms with Gasteiger partial charge in [0.15, 0.2) is 0 Å². The van der Waals surface area contributed by atoms with Crippen LogP contribution in [0.1, 0.15) is 83.4 Å². The highest BCUT2D eigenvalue weighted by molar-refractivity contribution is 6.04. The van der Waals surface area contributed by atoms with Crippen molar-refractivity contribution in [2.24, 2.45) is 5.73 Å². The Balaban J connectivity index is 2.08. The topological polar surface area (TPSA) is 43.1 Å². The van der Waals surface area contributed by atoms with Crippen molar-refractivity contribution < 1.29 is 4.79 Å². The van der Waals surface area contributed by atoms with Crippen LogP contribution in [0, 0.1) is 13.8 Å². The van der Waals surface area contributed by atoms with E-state index in [4.69, 9.17) is 5.73 Å². The van der Waals surface area contributed by atoms with Crippen molar-refractivity contribution in [2.45, 2.75) is 72.6 Å². The molecule has 0 atom stereocenters. The predicted molar refractivity (Wildman–Crippen MR) is 118 cm³/mol. The summed E-state index contributed by atoms with van der Waals surface area (Å²) in [6, 6.07) is 4.67. The molecule has 0 spiro atoms. The van der Waals surface area contributed by atoms with Gasteiger partial charge in [0, 0.05) is 0 Å². The van der Waals surface area contributed by atoms with E-state index in [1.807, 2.05) is 0 Å². The molecule has 0 aliphatic heterocycles. The summed E-state index contributed by atoms with van der Waals surface area (Å²) in [6.07, 6.45) is 6.34. The van der Waals surface area contributed by atoms with Crippen molar-refractivity contribution in [3.05, 3.63) is 62.2 Å². The fraction of sp³-hybridized carbons (Fsp3) is 0.423. The highest BCUT2D eigenvalue weighted by Gasteiger charge is 2.30. The van der Waals surface area contributed by atoms with Crippen LogP contribution in [0.3, 0.4) is 0 Å². The van der Waals surface area contributed by atoms with Crippen LogP contribution in [0.4, 0.5) is 0 Å². The largest absolute Gasteiger partial charge is 0.366 e. The number of hydrogen-bond acceptors (Lipinski definition) is 1. The Bertz CT molecular complexity index is 1050. The fourth-order valence-corrected chi connectivity index (χ4v) is 5.09. The van der Waals surface area contributed by atoms with Crippen molar-refractivity contribution in [1.29, 1.82) is 0 Å². The molecule has 2 aromatic rings. The summed E-state index contributed by atoms with van der Waals surface area (Å²) in [4.78, 5) is 12.6. The van der Waals surface area contributed by atoms with Gasteiger partial charge in [0.2, 0.25) is 5.91 Å². The first-order valence-electron chi connectivity index (χ1n) is 10.4. The van der Waals surface area contributed by atoms with Gasteiger partial charge in [-0.25, -0.2) is 0 Å². The quantitative estimate of drug-likeness (QED) is 0.724. The van der Waals surface area contributed by atoms with Crippen LogP contribution in [0.5, 0.6) is 0 Å². The zero-order chi connectivity index (χ0) is 20.4. The molecule has 2 bridgehead atoms. The third-order valence-corrected chi connectivity index (χ3v) is 6.79. The van der Waals surface area contributed by atoms with Crippen LogP contribution in [0.2, 0.25) is 0 Å². The molecule has 0 saturated carbocycles. The van der Waals surface area contributed by atoms with Gasteiger partial charge < -0.3 is 5.73 Å². The van der Waals surface area contributed by atoms with Gasteiger partial charge in [-0.05, 0) is 95.0 Å². The number of rotatable bonds is 3. The minimum atomic E-state index is -0.291. The molecule has 2 aliphatic carbocycles. The van der Waals surface area contributed by atoms with Gasteiger partial charge in [0.25, 0.3) is 0 Å². The second kappa shape index (κ2) is 6.34. The second-order valence-corrected chi connectivity index (χ2v) is 9.50. The second-order valence-electron chi connectivity index (χ2n) is 9.50. The van der Waals surface area contributed by atoms with Gasteiger partial charge in [0.05, 0.1) is 5.56 Å².